The van der Waals surface area contributed by atoms with Crippen LogP contribution < -0.4 is 5.90 Å². The minimum atomic E-state index is -0.279. The molecule has 0 atom stereocenters. The lowest BCUT2D eigenvalue weighted by molar-refractivity contribution is 0.121. The average molecular weight is 187 g/mol. The van der Waals surface area contributed by atoms with Gasteiger partial charge in [-0.2, -0.15) is 0 Å². The summed E-state index contributed by atoms with van der Waals surface area (Å²) in [7, 11) is 0. The quantitative estimate of drug-likeness (QED) is 0.580. The molecule has 0 aromatic heterocycles. The third kappa shape index (κ3) is 2.20. The first-order valence-corrected chi connectivity index (χ1v) is 4.64. The third-order valence-electron chi connectivity index (χ3n) is 1.49. The zero-order valence-corrected chi connectivity index (χ0v) is 7.53. The van der Waals surface area contributed by atoms with E-state index >= 15 is 0 Å². The Morgan fingerprint density at radius 3 is 2.92 bits per heavy atom. The van der Waals surface area contributed by atoms with E-state index in [0.29, 0.717) is 5.56 Å². The van der Waals surface area contributed by atoms with Gasteiger partial charge in [0.25, 0.3) is 0 Å². The van der Waals surface area contributed by atoms with Crippen LogP contribution in [0.25, 0.3) is 0 Å². The second-order valence-corrected chi connectivity index (χ2v) is 3.15. The first-order valence-electron chi connectivity index (χ1n) is 3.42. The van der Waals surface area contributed by atoms with Crippen molar-refractivity contribution in [3.8, 4) is 0 Å². The molecule has 0 amide bonds. The van der Waals surface area contributed by atoms with Gasteiger partial charge in [0.15, 0.2) is 0 Å². The van der Waals surface area contributed by atoms with E-state index < -0.39 is 0 Å². The number of nitrogens with two attached hydrogens (primary N) is 1. The number of halogens is 1. The van der Waals surface area contributed by atoms with E-state index in [1.807, 2.05) is 6.26 Å². The molecule has 0 heterocycles. The molecule has 0 spiro atoms. The number of thioether (sulfide) groups is 1. The Kier molecular flexibility index (Phi) is 3.52. The molecule has 0 fully saturated rings. The summed E-state index contributed by atoms with van der Waals surface area (Å²) in [6.45, 7) is 0.111. The Balaban J connectivity index is 2.91. The molecule has 0 aliphatic rings. The normalized spacial score (nSPS) is 10.2. The van der Waals surface area contributed by atoms with E-state index in [1.54, 1.807) is 23.9 Å². The largest absolute Gasteiger partial charge is 0.300 e. The summed E-state index contributed by atoms with van der Waals surface area (Å²) in [5.74, 6) is 4.57. The second kappa shape index (κ2) is 4.45. The molecule has 0 bridgehead atoms. The lowest BCUT2D eigenvalue weighted by atomic mass is 10.2. The molecule has 1 aromatic rings. The van der Waals surface area contributed by atoms with Gasteiger partial charge in [0, 0.05) is 10.5 Å². The fraction of sp³-hybridized carbons (Fsp3) is 0.250. The van der Waals surface area contributed by atoms with E-state index in [-0.39, 0.29) is 12.4 Å². The maximum absolute atomic E-state index is 12.9. The maximum Gasteiger partial charge on any atom is 0.128 e. The topological polar surface area (TPSA) is 35.2 Å². The smallest absolute Gasteiger partial charge is 0.128 e. The predicted molar refractivity (Wildman–Crippen MR) is 47.2 cm³/mol. The summed E-state index contributed by atoms with van der Waals surface area (Å²) in [5, 5.41) is 0. The van der Waals surface area contributed by atoms with Gasteiger partial charge in [-0.3, -0.25) is 4.84 Å². The van der Waals surface area contributed by atoms with Crippen LogP contribution in [0.1, 0.15) is 5.56 Å². The van der Waals surface area contributed by atoms with E-state index in [9.17, 15) is 4.39 Å². The van der Waals surface area contributed by atoms with Crippen LogP contribution in [-0.2, 0) is 11.4 Å². The molecule has 0 aliphatic heterocycles. The standard InChI is InChI=1S/C8H10FNOS/c1-12-7-2-3-8(9)6(4-7)5-11-10/h2-4H,5,10H2,1H3. The molecule has 66 valence electrons. The minimum absolute atomic E-state index is 0.111. The van der Waals surface area contributed by atoms with Gasteiger partial charge in [0.2, 0.25) is 0 Å². The molecule has 1 aromatic carbocycles. The summed E-state index contributed by atoms with van der Waals surface area (Å²) in [5.41, 5.74) is 0.490. The highest BCUT2D eigenvalue weighted by Crippen LogP contribution is 2.18. The SMILES string of the molecule is CSc1ccc(F)c(CON)c1. The highest BCUT2D eigenvalue weighted by molar-refractivity contribution is 7.98. The van der Waals surface area contributed by atoms with Gasteiger partial charge >= 0.3 is 0 Å². The third-order valence-corrected chi connectivity index (χ3v) is 2.22. The van der Waals surface area contributed by atoms with E-state index in [4.69, 9.17) is 5.90 Å². The van der Waals surface area contributed by atoms with Crippen LogP contribution in [0.2, 0.25) is 0 Å². The van der Waals surface area contributed by atoms with Crippen molar-refractivity contribution in [2.45, 2.75) is 11.5 Å². The van der Waals surface area contributed by atoms with Crippen molar-refractivity contribution in [3.05, 3.63) is 29.6 Å². The molecule has 2 nitrogen and oxygen atoms in total. The van der Waals surface area contributed by atoms with Crippen LogP contribution >= 0.6 is 11.8 Å². The van der Waals surface area contributed by atoms with Crippen molar-refractivity contribution in [1.82, 2.24) is 0 Å². The summed E-state index contributed by atoms with van der Waals surface area (Å²) < 4.78 is 12.9. The van der Waals surface area contributed by atoms with Crippen molar-refractivity contribution in [1.29, 1.82) is 0 Å². The van der Waals surface area contributed by atoms with E-state index in [2.05, 4.69) is 4.84 Å². The molecule has 0 saturated carbocycles. The Morgan fingerprint density at radius 2 is 2.33 bits per heavy atom. The summed E-state index contributed by atoms with van der Waals surface area (Å²) in [6.07, 6.45) is 1.93. The van der Waals surface area contributed by atoms with Gasteiger partial charge in [-0.1, -0.05) is 0 Å². The minimum Gasteiger partial charge on any atom is -0.300 e. The van der Waals surface area contributed by atoms with E-state index in [0.717, 1.165) is 4.90 Å². The van der Waals surface area contributed by atoms with Gasteiger partial charge in [-0.15, -0.1) is 11.8 Å². The van der Waals surface area contributed by atoms with Gasteiger partial charge in [-0.25, -0.2) is 10.3 Å². The number of rotatable bonds is 3. The molecule has 4 heteroatoms. The Bertz CT molecular complexity index is 267. The Hall–Kier alpha value is -0.580. The maximum atomic E-state index is 12.9. The highest BCUT2D eigenvalue weighted by Gasteiger charge is 2.02. The second-order valence-electron chi connectivity index (χ2n) is 2.27. The lowest BCUT2D eigenvalue weighted by Gasteiger charge is -2.02. The van der Waals surface area contributed by atoms with Crippen molar-refractivity contribution in [2.24, 2.45) is 5.90 Å². The Labute approximate surface area is 74.9 Å². The first kappa shape index (κ1) is 9.51. The molecule has 12 heavy (non-hydrogen) atoms. The lowest BCUT2D eigenvalue weighted by Crippen LogP contribution is -2.01. The monoisotopic (exact) mass is 187 g/mol. The van der Waals surface area contributed by atoms with Crippen LogP contribution in [0.5, 0.6) is 0 Å². The van der Waals surface area contributed by atoms with Crippen molar-refractivity contribution < 1.29 is 9.23 Å². The van der Waals surface area contributed by atoms with Gasteiger partial charge in [0.05, 0.1) is 6.61 Å². The molecule has 2 N–H and O–H groups in total. The van der Waals surface area contributed by atoms with Crippen LogP contribution in [0, 0.1) is 5.82 Å². The van der Waals surface area contributed by atoms with Gasteiger partial charge in [-0.05, 0) is 24.5 Å². The number of hydrogen-bond donors (Lipinski definition) is 1. The zero-order chi connectivity index (χ0) is 8.97. The van der Waals surface area contributed by atoms with Crippen LogP contribution in [0.3, 0.4) is 0 Å². The van der Waals surface area contributed by atoms with Gasteiger partial charge in [0.1, 0.15) is 5.82 Å². The summed E-state index contributed by atoms with van der Waals surface area (Å²) in [4.78, 5) is 5.36. The zero-order valence-electron chi connectivity index (χ0n) is 6.71. The molecule has 0 aliphatic carbocycles. The van der Waals surface area contributed by atoms with Crippen molar-refractivity contribution >= 4 is 11.8 Å². The molecule has 0 radical (unpaired) electrons. The van der Waals surface area contributed by atoms with Crippen molar-refractivity contribution in [3.63, 3.8) is 0 Å². The molecule has 0 unspecified atom stereocenters. The molecule has 1 rings (SSSR count). The summed E-state index contributed by atoms with van der Waals surface area (Å²) >= 11 is 1.55. The molecular formula is C8H10FNOS. The van der Waals surface area contributed by atoms with Crippen LogP contribution in [0.15, 0.2) is 23.1 Å². The van der Waals surface area contributed by atoms with Crippen LogP contribution in [-0.4, -0.2) is 6.26 Å². The molecular weight excluding hydrogens is 177 g/mol. The highest BCUT2D eigenvalue weighted by atomic mass is 32.2. The van der Waals surface area contributed by atoms with Crippen LogP contribution in [0.4, 0.5) is 4.39 Å². The average Bonchev–Trinajstić information content (AvgIpc) is 2.09. The fourth-order valence-electron chi connectivity index (χ4n) is 0.878. The fourth-order valence-corrected chi connectivity index (χ4v) is 1.34. The van der Waals surface area contributed by atoms with Gasteiger partial charge < -0.3 is 0 Å². The van der Waals surface area contributed by atoms with Crippen molar-refractivity contribution in [2.75, 3.05) is 6.26 Å². The number of hydrogen-bond acceptors (Lipinski definition) is 3. The van der Waals surface area contributed by atoms with E-state index in [1.165, 1.54) is 6.07 Å². The Morgan fingerprint density at radius 1 is 1.58 bits per heavy atom. The predicted octanol–water partition coefficient (Wildman–Crippen LogP) is 1.94. The first-order chi connectivity index (χ1) is 5.77. The number of benzene rings is 1. The molecule has 0 saturated heterocycles. The summed E-state index contributed by atoms with van der Waals surface area (Å²) in [6, 6.07) is 4.87.